The summed E-state index contributed by atoms with van der Waals surface area (Å²) in [5.41, 5.74) is 0.165. The first-order valence-corrected chi connectivity index (χ1v) is 8.55. The quantitative estimate of drug-likeness (QED) is 0.759. The van der Waals surface area contributed by atoms with Crippen LogP contribution in [0.5, 0.6) is 0 Å². The molecule has 118 valence electrons. The lowest BCUT2D eigenvalue weighted by Crippen LogP contribution is -2.12. The van der Waals surface area contributed by atoms with Crippen molar-refractivity contribution in [3.63, 3.8) is 0 Å². The molecule has 0 aliphatic rings. The molecule has 0 saturated carbocycles. The van der Waals surface area contributed by atoms with Crippen molar-refractivity contribution in [1.29, 1.82) is 0 Å². The highest BCUT2D eigenvalue weighted by Crippen LogP contribution is 2.28. The third-order valence-corrected chi connectivity index (χ3v) is 5.39. The van der Waals surface area contributed by atoms with Crippen molar-refractivity contribution in [2.24, 2.45) is 0 Å². The number of carboxylic acids is 1. The van der Waals surface area contributed by atoms with Crippen molar-refractivity contribution in [3.05, 3.63) is 64.3 Å². The molecule has 3 rings (SSSR count). The van der Waals surface area contributed by atoms with E-state index >= 15 is 0 Å². The number of carbonyl (C=O) groups is 1. The summed E-state index contributed by atoms with van der Waals surface area (Å²) in [6, 6.07) is 10.3. The molecular weight excluding hydrogens is 361 g/mol. The standard InChI is InChI=1S/C15H9Cl2NO4S/c16-9-5-10(17)7-11(6-9)23(21,22)18-8-13(15(19)20)12-3-1-2-4-14(12)18/h1-8H,(H,19,20). The van der Waals surface area contributed by atoms with Crippen molar-refractivity contribution in [2.75, 3.05) is 0 Å². The van der Waals surface area contributed by atoms with Crippen LogP contribution in [-0.2, 0) is 10.0 Å². The van der Waals surface area contributed by atoms with Crippen LogP contribution in [0.15, 0.2) is 53.6 Å². The van der Waals surface area contributed by atoms with Gasteiger partial charge in [0.1, 0.15) is 0 Å². The predicted molar refractivity (Wildman–Crippen MR) is 87.9 cm³/mol. The number of nitrogens with zero attached hydrogens (tertiary/aromatic N) is 1. The molecular formula is C15H9Cl2NO4S. The molecule has 0 amide bonds. The summed E-state index contributed by atoms with van der Waals surface area (Å²) in [5.74, 6) is -1.21. The van der Waals surface area contributed by atoms with Crippen LogP contribution in [0.25, 0.3) is 10.9 Å². The highest BCUT2D eigenvalue weighted by atomic mass is 35.5. The summed E-state index contributed by atoms with van der Waals surface area (Å²) in [6.07, 6.45) is 1.08. The minimum absolute atomic E-state index is 0.0997. The predicted octanol–water partition coefficient (Wildman–Crippen LogP) is 3.88. The molecule has 0 aliphatic heterocycles. The Morgan fingerprint density at radius 3 is 2.26 bits per heavy atom. The molecule has 23 heavy (non-hydrogen) atoms. The average molecular weight is 370 g/mol. The largest absolute Gasteiger partial charge is 0.478 e. The molecule has 8 heteroatoms. The first-order chi connectivity index (χ1) is 10.8. The van der Waals surface area contributed by atoms with E-state index in [4.69, 9.17) is 23.2 Å². The molecule has 0 fully saturated rings. The second kappa shape index (κ2) is 5.56. The van der Waals surface area contributed by atoms with Crippen molar-refractivity contribution in [1.82, 2.24) is 3.97 Å². The molecule has 3 aromatic rings. The molecule has 0 radical (unpaired) electrons. The van der Waals surface area contributed by atoms with E-state index in [9.17, 15) is 18.3 Å². The van der Waals surface area contributed by atoms with Gasteiger partial charge in [-0.15, -0.1) is 0 Å². The number of carboxylic acid groups (broad SMARTS) is 1. The minimum Gasteiger partial charge on any atom is -0.478 e. The maximum Gasteiger partial charge on any atom is 0.337 e. The van der Waals surface area contributed by atoms with E-state index in [2.05, 4.69) is 0 Å². The number of hydrogen-bond donors (Lipinski definition) is 1. The van der Waals surface area contributed by atoms with E-state index in [0.717, 1.165) is 10.2 Å². The van der Waals surface area contributed by atoms with E-state index < -0.39 is 16.0 Å². The number of benzene rings is 2. The van der Waals surface area contributed by atoms with Gasteiger partial charge >= 0.3 is 5.97 Å². The van der Waals surface area contributed by atoms with Gasteiger partial charge in [0.05, 0.1) is 16.0 Å². The van der Waals surface area contributed by atoms with Crippen LogP contribution in [0.1, 0.15) is 10.4 Å². The van der Waals surface area contributed by atoms with Crippen LogP contribution in [0.2, 0.25) is 10.0 Å². The summed E-state index contributed by atoms with van der Waals surface area (Å²) in [6.45, 7) is 0. The van der Waals surface area contributed by atoms with Crippen molar-refractivity contribution >= 4 is 50.1 Å². The van der Waals surface area contributed by atoms with E-state index in [-0.39, 0.29) is 26.0 Å². The highest BCUT2D eigenvalue weighted by molar-refractivity contribution is 7.90. The molecule has 0 bridgehead atoms. The number of aromatic nitrogens is 1. The van der Waals surface area contributed by atoms with Gasteiger partial charge in [0.15, 0.2) is 0 Å². The van der Waals surface area contributed by atoms with E-state index in [0.29, 0.717) is 5.39 Å². The zero-order valence-electron chi connectivity index (χ0n) is 11.4. The summed E-state index contributed by atoms with van der Waals surface area (Å²) in [4.78, 5) is 11.2. The van der Waals surface area contributed by atoms with E-state index in [1.165, 1.54) is 24.3 Å². The third-order valence-electron chi connectivity index (χ3n) is 3.30. The van der Waals surface area contributed by atoms with E-state index in [1.54, 1.807) is 18.2 Å². The smallest absolute Gasteiger partial charge is 0.337 e. The van der Waals surface area contributed by atoms with Gasteiger partial charge in [0, 0.05) is 21.6 Å². The van der Waals surface area contributed by atoms with Gasteiger partial charge in [0.2, 0.25) is 0 Å². The summed E-state index contributed by atoms with van der Waals surface area (Å²) in [7, 11) is -4.04. The molecule has 1 N–H and O–H groups in total. The number of rotatable bonds is 3. The molecule has 0 saturated heterocycles. The maximum absolute atomic E-state index is 12.8. The topological polar surface area (TPSA) is 76.4 Å². The monoisotopic (exact) mass is 369 g/mol. The SMILES string of the molecule is O=C(O)c1cn(S(=O)(=O)c2cc(Cl)cc(Cl)c2)c2ccccc12. The van der Waals surface area contributed by atoms with Crippen LogP contribution >= 0.6 is 23.2 Å². The number of hydrogen-bond acceptors (Lipinski definition) is 3. The Bertz CT molecular complexity index is 1020. The van der Waals surface area contributed by atoms with Crippen LogP contribution in [0.3, 0.4) is 0 Å². The summed E-state index contributed by atoms with van der Waals surface area (Å²) >= 11 is 11.7. The molecule has 5 nitrogen and oxygen atoms in total. The molecule has 0 spiro atoms. The Morgan fingerprint density at radius 1 is 1.04 bits per heavy atom. The van der Waals surface area contributed by atoms with Gasteiger partial charge < -0.3 is 5.11 Å². The molecule has 0 aliphatic carbocycles. The van der Waals surface area contributed by atoms with Gasteiger partial charge in [-0.25, -0.2) is 17.2 Å². The number of halogens is 2. The molecule has 0 unspecified atom stereocenters. The lowest BCUT2D eigenvalue weighted by molar-refractivity contribution is 0.0699. The fourth-order valence-electron chi connectivity index (χ4n) is 2.31. The third kappa shape index (κ3) is 2.69. The Labute approximate surface area is 141 Å². The average Bonchev–Trinajstić information content (AvgIpc) is 2.86. The van der Waals surface area contributed by atoms with Crippen molar-refractivity contribution in [3.8, 4) is 0 Å². The number of para-hydroxylation sites is 1. The second-order valence-electron chi connectivity index (χ2n) is 4.77. The minimum atomic E-state index is -4.04. The van der Waals surface area contributed by atoms with Crippen molar-refractivity contribution in [2.45, 2.75) is 4.90 Å². The fraction of sp³-hybridized carbons (Fsp3) is 0. The lowest BCUT2D eigenvalue weighted by atomic mass is 10.2. The zero-order chi connectivity index (χ0) is 16.8. The zero-order valence-corrected chi connectivity index (χ0v) is 13.7. The number of fused-ring (bicyclic) bond motifs is 1. The first kappa shape index (κ1) is 15.9. The lowest BCUT2D eigenvalue weighted by Gasteiger charge is -2.08. The summed E-state index contributed by atoms with van der Waals surface area (Å²) in [5, 5.41) is 9.95. The van der Waals surface area contributed by atoms with Crippen LogP contribution in [0.4, 0.5) is 0 Å². The number of aromatic carboxylic acids is 1. The molecule has 0 atom stereocenters. The van der Waals surface area contributed by atoms with Gasteiger partial charge in [-0.3, -0.25) is 0 Å². The van der Waals surface area contributed by atoms with Crippen LogP contribution in [0, 0.1) is 0 Å². The Hall–Kier alpha value is -2.02. The maximum atomic E-state index is 12.8. The van der Waals surface area contributed by atoms with E-state index in [1.807, 2.05) is 0 Å². The Morgan fingerprint density at radius 2 is 1.65 bits per heavy atom. The highest BCUT2D eigenvalue weighted by Gasteiger charge is 2.24. The Balaban J connectivity index is 2.33. The van der Waals surface area contributed by atoms with Gasteiger partial charge in [0.25, 0.3) is 10.0 Å². The van der Waals surface area contributed by atoms with Gasteiger partial charge in [-0.1, -0.05) is 41.4 Å². The second-order valence-corrected chi connectivity index (χ2v) is 7.46. The normalized spacial score (nSPS) is 11.7. The molecule has 2 aromatic carbocycles. The van der Waals surface area contributed by atoms with Crippen molar-refractivity contribution < 1.29 is 18.3 Å². The molecule has 1 heterocycles. The summed E-state index contributed by atoms with van der Waals surface area (Å²) < 4.78 is 26.6. The fourth-order valence-corrected chi connectivity index (χ4v) is 4.41. The van der Waals surface area contributed by atoms with Gasteiger partial charge in [-0.2, -0.15) is 0 Å². The van der Waals surface area contributed by atoms with Crippen LogP contribution < -0.4 is 0 Å². The molecule has 1 aromatic heterocycles. The van der Waals surface area contributed by atoms with Crippen LogP contribution in [-0.4, -0.2) is 23.5 Å². The Kier molecular flexibility index (Phi) is 3.83. The first-order valence-electron chi connectivity index (χ1n) is 6.36. The van der Waals surface area contributed by atoms with Gasteiger partial charge in [-0.05, 0) is 24.3 Å².